The molecular formula is C16H14N2O3S. The first kappa shape index (κ1) is 15.7. The van der Waals surface area contributed by atoms with Crippen molar-refractivity contribution in [1.29, 1.82) is 5.26 Å². The Kier molecular flexibility index (Phi) is 5.28. The van der Waals surface area contributed by atoms with Crippen molar-refractivity contribution < 1.29 is 14.3 Å². The molecule has 5 nitrogen and oxygen atoms in total. The lowest BCUT2D eigenvalue weighted by Gasteiger charge is -2.06. The van der Waals surface area contributed by atoms with Crippen LogP contribution in [0.25, 0.3) is 0 Å². The topological polar surface area (TPSA) is 79.2 Å². The van der Waals surface area contributed by atoms with Gasteiger partial charge >= 0.3 is 5.97 Å². The zero-order valence-corrected chi connectivity index (χ0v) is 12.8. The second kappa shape index (κ2) is 7.38. The Morgan fingerprint density at radius 2 is 2.18 bits per heavy atom. The number of rotatable bonds is 5. The van der Waals surface area contributed by atoms with Gasteiger partial charge in [-0.1, -0.05) is 12.1 Å². The van der Waals surface area contributed by atoms with Gasteiger partial charge in [0, 0.05) is 0 Å². The van der Waals surface area contributed by atoms with Gasteiger partial charge in [-0.3, -0.25) is 4.79 Å². The van der Waals surface area contributed by atoms with Gasteiger partial charge in [0.1, 0.15) is 5.00 Å². The number of nitriles is 1. The Bertz CT molecular complexity index is 731. The van der Waals surface area contributed by atoms with Crippen LogP contribution in [0.4, 0.5) is 5.00 Å². The van der Waals surface area contributed by atoms with Crippen LogP contribution in [0.1, 0.15) is 28.4 Å². The molecule has 2 aromatic rings. The van der Waals surface area contributed by atoms with E-state index in [2.05, 4.69) is 5.32 Å². The Morgan fingerprint density at radius 3 is 2.91 bits per heavy atom. The molecule has 0 bridgehead atoms. The van der Waals surface area contributed by atoms with Crippen LogP contribution in [0.3, 0.4) is 0 Å². The van der Waals surface area contributed by atoms with E-state index in [1.165, 1.54) is 11.3 Å². The fourth-order valence-corrected chi connectivity index (χ4v) is 2.67. The lowest BCUT2D eigenvalue weighted by Crippen LogP contribution is -2.16. The SMILES string of the molecule is CCOC(=O)c1ccsc1NC(=O)Cc1cccc(C#N)c1. The average Bonchev–Trinajstić information content (AvgIpc) is 2.95. The van der Waals surface area contributed by atoms with Gasteiger partial charge in [-0.2, -0.15) is 5.26 Å². The molecule has 1 N–H and O–H groups in total. The van der Waals surface area contributed by atoms with E-state index in [0.29, 0.717) is 16.1 Å². The van der Waals surface area contributed by atoms with Crippen LogP contribution in [0.5, 0.6) is 0 Å². The summed E-state index contributed by atoms with van der Waals surface area (Å²) >= 11 is 1.27. The molecule has 0 aliphatic carbocycles. The van der Waals surface area contributed by atoms with Crippen molar-refractivity contribution in [3.8, 4) is 6.07 Å². The average molecular weight is 314 g/mol. The smallest absolute Gasteiger partial charge is 0.341 e. The number of ether oxygens (including phenoxy) is 1. The zero-order valence-electron chi connectivity index (χ0n) is 12.0. The highest BCUT2D eigenvalue weighted by atomic mass is 32.1. The summed E-state index contributed by atoms with van der Waals surface area (Å²) in [5.41, 5.74) is 1.60. The van der Waals surface area contributed by atoms with Gasteiger partial charge in [0.2, 0.25) is 5.91 Å². The molecule has 1 aromatic carbocycles. The maximum Gasteiger partial charge on any atom is 0.341 e. The lowest BCUT2D eigenvalue weighted by molar-refractivity contribution is -0.115. The van der Waals surface area contributed by atoms with E-state index in [1.54, 1.807) is 42.6 Å². The summed E-state index contributed by atoms with van der Waals surface area (Å²) in [7, 11) is 0. The summed E-state index contributed by atoms with van der Waals surface area (Å²) in [6.07, 6.45) is 0.135. The molecule has 2 rings (SSSR count). The normalized spacial score (nSPS) is 9.82. The van der Waals surface area contributed by atoms with E-state index in [-0.39, 0.29) is 18.9 Å². The number of hydrogen-bond acceptors (Lipinski definition) is 5. The summed E-state index contributed by atoms with van der Waals surface area (Å²) in [6.45, 7) is 2.01. The van der Waals surface area contributed by atoms with Crippen LogP contribution in [0.15, 0.2) is 35.7 Å². The maximum atomic E-state index is 12.1. The van der Waals surface area contributed by atoms with Gasteiger partial charge < -0.3 is 10.1 Å². The van der Waals surface area contributed by atoms with Gasteiger partial charge in [-0.15, -0.1) is 11.3 Å². The second-order valence-corrected chi connectivity index (χ2v) is 5.34. The number of carbonyl (C=O) groups is 2. The van der Waals surface area contributed by atoms with E-state index in [4.69, 9.17) is 10.00 Å². The molecule has 0 unspecified atom stereocenters. The first-order valence-corrected chi connectivity index (χ1v) is 7.55. The number of anilines is 1. The van der Waals surface area contributed by atoms with E-state index in [9.17, 15) is 9.59 Å². The fourth-order valence-electron chi connectivity index (χ4n) is 1.88. The van der Waals surface area contributed by atoms with Crippen molar-refractivity contribution in [1.82, 2.24) is 0 Å². The first-order valence-electron chi connectivity index (χ1n) is 6.67. The van der Waals surface area contributed by atoms with Gasteiger partial charge in [0.15, 0.2) is 0 Å². The Hall–Kier alpha value is -2.65. The van der Waals surface area contributed by atoms with Crippen LogP contribution in [0.2, 0.25) is 0 Å². The van der Waals surface area contributed by atoms with E-state index < -0.39 is 5.97 Å². The highest BCUT2D eigenvalue weighted by Gasteiger charge is 2.16. The number of nitrogens with zero attached hydrogens (tertiary/aromatic N) is 1. The summed E-state index contributed by atoms with van der Waals surface area (Å²) in [5, 5.41) is 13.8. The number of thiophene rings is 1. The van der Waals surface area contributed by atoms with Gasteiger partial charge in [0.05, 0.1) is 30.2 Å². The van der Waals surface area contributed by atoms with E-state index >= 15 is 0 Å². The highest BCUT2D eigenvalue weighted by Crippen LogP contribution is 2.24. The van der Waals surface area contributed by atoms with Crippen molar-refractivity contribution in [3.05, 3.63) is 52.4 Å². The van der Waals surface area contributed by atoms with Crippen LogP contribution in [-0.2, 0) is 16.0 Å². The Balaban J connectivity index is 2.05. The molecule has 0 atom stereocenters. The monoisotopic (exact) mass is 314 g/mol. The van der Waals surface area contributed by atoms with E-state index in [0.717, 1.165) is 5.56 Å². The summed E-state index contributed by atoms with van der Waals surface area (Å²) in [5.74, 6) is -0.700. The van der Waals surface area contributed by atoms with Crippen LogP contribution in [0, 0.1) is 11.3 Å². The van der Waals surface area contributed by atoms with Crippen LogP contribution >= 0.6 is 11.3 Å². The number of benzene rings is 1. The molecule has 0 radical (unpaired) electrons. The number of hydrogen-bond donors (Lipinski definition) is 1. The van der Waals surface area contributed by atoms with Gasteiger partial charge in [0.25, 0.3) is 0 Å². The Labute approximate surface area is 132 Å². The molecule has 0 aliphatic rings. The molecule has 0 saturated heterocycles. The number of amides is 1. The Morgan fingerprint density at radius 1 is 1.36 bits per heavy atom. The predicted octanol–water partition coefficient (Wildman–Crippen LogP) is 2.98. The number of esters is 1. The second-order valence-electron chi connectivity index (χ2n) is 4.42. The minimum atomic E-state index is -0.453. The quantitative estimate of drug-likeness (QED) is 0.860. The molecule has 1 aromatic heterocycles. The standard InChI is InChI=1S/C16H14N2O3S/c1-2-21-16(20)13-6-7-22-15(13)18-14(19)9-11-4-3-5-12(8-11)10-17/h3-8H,2,9H2,1H3,(H,18,19). The molecule has 6 heteroatoms. The summed E-state index contributed by atoms with van der Waals surface area (Å²) < 4.78 is 4.94. The van der Waals surface area contributed by atoms with Gasteiger partial charge in [-0.25, -0.2) is 4.79 Å². The van der Waals surface area contributed by atoms with Gasteiger partial charge in [-0.05, 0) is 36.1 Å². The molecule has 112 valence electrons. The molecule has 0 fully saturated rings. The number of carbonyl (C=O) groups excluding carboxylic acids is 2. The minimum Gasteiger partial charge on any atom is -0.462 e. The highest BCUT2D eigenvalue weighted by molar-refractivity contribution is 7.14. The molecule has 0 spiro atoms. The molecule has 0 aliphatic heterocycles. The molecular weight excluding hydrogens is 300 g/mol. The molecule has 1 amide bonds. The van der Waals surface area contributed by atoms with Crippen molar-refractivity contribution in [2.24, 2.45) is 0 Å². The third-order valence-corrected chi connectivity index (χ3v) is 3.66. The third kappa shape index (κ3) is 3.93. The van der Waals surface area contributed by atoms with Crippen LogP contribution in [-0.4, -0.2) is 18.5 Å². The molecule has 22 heavy (non-hydrogen) atoms. The first-order chi connectivity index (χ1) is 10.6. The van der Waals surface area contributed by atoms with E-state index in [1.807, 2.05) is 6.07 Å². The summed E-state index contributed by atoms with van der Waals surface area (Å²) in [4.78, 5) is 23.8. The predicted molar refractivity (Wildman–Crippen MR) is 83.8 cm³/mol. The third-order valence-electron chi connectivity index (χ3n) is 2.83. The van der Waals surface area contributed by atoms with Crippen molar-refractivity contribution >= 4 is 28.2 Å². The zero-order chi connectivity index (χ0) is 15.9. The fraction of sp³-hybridized carbons (Fsp3) is 0.188. The van der Waals surface area contributed by atoms with Crippen molar-refractivity contribution in [2.75, 3.05) is 11.9 Å². The van der Waals surface area contributed by atoms with Crippen molar-refractivity contribution in [3.63, 3.8) is 0 Å². The lowest BCUT2D eigenvalue weighted by atomic mass is 10.1. The maximum absolute atomic E-state index is 12.1. The molecule has 0 saturated carbocycles. The minimum absolute atomic E-state index is 0.135. The summed E-state index contributed by atoms with van der Waals surface area (Å²) in [6, 6.07) is 10.5. The van der Waals surface area contributed by atoms with Crippen molar-refractivity contribution in [2.45, 2.75) is 13.3 Å². The number of nitrogens with one attached hydrogen (secondary N) is 1. The molecule has 1 heterocycles. The largest absolute Gasteiger partial charge is 0.462 e. The van der Waals surface area contributed by atoms with Crippen LogP contribution < -0.4 is 5.32 Å².